The highest BCUT2D eigenvalue weighted by Gasteiger charge is 2.06. The number of benzene rings is 1. The van der Waals surface area contributed by atoms with Gasteiger partial charge in [-0.1, -0.05) is 6.07 Å². The Kier molecular flexibility index (Phi) is 4.71. The van der Waals surface area contributed by atoms with E-state index in [-0.39, 0.29) is 5.82 Å². The summed E-state index contributed by atoms with van der Waals surface area (Å²) in [5.74, 6) is -0.268. The average molecular weight is 226 g/mol. The molecule has 0 aliphatic heterocycles. The molecule has 0 aliphatic carbocycles. The summed E-state index contributed by atoms with van der Waals surface area (Å²) in [6.45, 7) is 2.91. The van der Waals surface area contributed by atoms with Crippen molar-refractivity contribution in [2.24, 2.45) is 0 Å². The Morgan fingerprint density at radius 2 is 2.12 bits per heavy atom. The normalized spacial score (nSPS) is 12.9. The van der Waals surface area contributed by atoms with Crippen LogP contribution in [-0.2, 0) is 0 Å². The SMILES string of the molecule is Cc1ccc(F)cc1NCC(O)CN(C)C. The van der Waals surface area contributed by atoms with E-state index in [2.05, 4.69) is 5.32 Å². The van der Waals surface area contributed by atoms with Crippen LogP contribution in [0, 0.1) is 12.7 Å². The summed E-state index contributed by atoms with van der Waals surface area (Å²) in [7, 11) is 3.80. The average Bonchev–Trinajstić information content (AvgIpc) is 2.18. The van der Waals surface area contributed by atoms with Gasteiger partial charge in [-0.2, -0.15) is 0 Å². The van der Waals surface area contributed by atoms with Crippen LogP contribution in [0.2, 0.25) is 0 Å². The van der Waals surface area contributed by atoms with Gasteiger partial charge in [0.15, 0.2) is 0 Å². The molecule has 90 valence electrons. The zero-order valence-corrected chi connectivity index (χ0v) is 10.00. The van der Waals surface area contributed by atoms with Crippen molar-refractivity contribution >= 4 is 5.69 Å². The number of halogens is 1. The second-order valence-corrected chi connectivity index (χ2v) is 4.26. The number of hydrogen-bond acceptors (Lipinski definition) is 3. The van der Waals surface area contributed by atoms with Gasteiger partial charge in [-0.25, -0.2) is 4.39 Å². The Hall–Kier alpha value is -1.13. The summed E-state index contributed by atoms with van der Waals surface area (Å²) in [6, 6.07) is 4.59. The lowest BCUT2D eigenvalue weighted by Crippen LogP contribution is -2.31. The van der Waals surface area contributed by atoms with Crippen LogP contribution in [-0.4, -0.2) is 43.3 Å². The lowest BCUT2D eigenvalue weighted by molar-refractivity contribution is 0.148. The highest BCUT2D eigenvalue weighted by molar-refractivity contribution is 5.50. The Morgan fingerprint density at radius 1 is 1.44 bits per heavy atom. The van der Waals surface area contributed by atoms with Crippen molar-refractivity contribution in [3.63, 3.8) is 0 Å². The minimum Gasteiger partial charge on any atom is -0.390 e. The smallest absolute Gasteiger partial charge is 0.125 e. The van der Waals surface area contributed by atoms with E-state index < -0.39 is 6.10 Å². The van der Waals surface area contributed by atoms with Gasteiger partial charge in [0.05, 0.1) is 6.10 Å². The first-order valence-corrected chi connectivity index (χ1v) is 5.32. The van der Waals surface area contributed by atoms with Gasteiger partial charge in [0, 0.05) is 18.8 Å². The molecule has 0 fully saturated rings. The maximum Gasteiger partial charge on any atom is 0.125 e. The van der Waals surface area contributed by atoms with E-state index in [4.69, 9.17) is 0 Å². The highest BCUT2D eigenvalue weighted by Crippen LogP contribution is 2.15. The Bertz CT molecular complexity index is 342. The molecule has 0 bridgehead atoms. The van der Waals surface area contributed by atoms with Crippen LogP contribution < -0.4 is 5.32 Å². The number of nitrogens with one attached hydrogen (secondary N) is 1. The van der Waals surface area contributed by atoms with Crippen LogP contribution in [0.1, 0.15) is 5.56 Å². The van der Waals surface area contributed by atoms with Crippen LogP contribution in [0.5, 0.6) is 0 Å². The first-order valence-electron chi connectivity index (χ1n) is 5.32. The fraction of sp³-hybridized carbons (Fsp3) is 0.500. The molecule has 0 saturated carbocycles. The molecule has 16 heavy (non-hydrogen) atoms. The van der Waals surface area contributed by atoms with E-state index in [9.17, 15) is 9.50 Å². The van der Waals surface area contributed by atoms with Crippen LogP contribution in [0.15, 0.2) is 18.2 Å². The standard InChI is InChI=1S/C12H19FN2O/c1-9-4-5-10(13)6-12(9)14-7-11(16)8-15(2)3/h4-6,11,14,16H,7-8H2,1-3H3. The Balaban J connectivity index is 2.51. The van der Waals surface area contributed by atoms with Crippen molar-refractivity contribution < 1.29 is 9.50 Å². The van der Waals surface area contributed by atoms with Crippen molar-refractivity contribution in [3.8, 4) is 0 Å². The lowest BCUT2D eigenvalue weighted by atomic mass is 10.2. The molecule has 1 atom stereocenters. The largest absolute Gasteiger partial charge is 0.390 e. The molecule has 1 unspecified atom stereocenters. The Morgan fingerprint density at radius 3 is 2.75 bits per heavy atom. The van der Waals surface area contributed by atoms with Gasteiger partial charge in [0.1, 0.15) is 5.82 Å². The van der Waals surface area contributed by atoms with Crippen LogP contribution in [0.4, 0.5) is 10.1 Å². The predicted molar refractivity (Wildman–Crippen MR) is 64.2 cm³/mol. The molecule has 0 radical (unpaired) electrons. The second-order valence-electron chi connectivity index (χ2n) is 4.26. The van der Waals surface area contributed by atoms with Crippen molar-refractivity contribution in [2.75, 3.05) is 32.5 Å². The lowest BCUT2D eigenvalue weighted by Gasteiger charge is -2.17. The third-order valence-electron chi connectivity index (χ3n) is 2.30. The van der Waals surface area contributed by atoms with Gasteiger partial charge in [-0.3, -0.25) is 0 Å². The summed E-state index contributed by atoms with van der Waals surface area (Å²) >= 11 is 0. The minimum atomic E-state index is -0.460. The fourth-order valence-corrected chi connectivity index (χ4v) is 1.50. The predicted octanol–water partition coefficient (Wildman–Crippen LogP) is 1.47. The first kappa shape index (κ1) is 12.9. The number of aliphatic hydroxyl groups is 1. The molecule has 0 spiro atoms. The van der Waals surface area contributed by atoms with Crippen molar-refractivity contribution in [1.29, 1.82) is 0 Å². The van der Waals surface area contributed by atoms with E-state index in [0.717, 1.165) is 11.3 Å². The van der Waals surface area contributed by atoms with Gasteiger partial charge in [0.2, 0.25) is 0 Å². The Labute approximate surface area is 95.9 Å². The number of likely N-dealkylation sites (N-methyl/N-ethyl adjacent to an activating group) is 1. The number of rotatable bonds is 5. The van der Waals surface area contributed by atoms with Crippen LogP contribution in [0.25, 0.3) is 0 Å². The molecule has 0 aromatic heterocycles. The van der Waals surface area contributed by atoms with E-state index in [0.29, 0.717) is 13.1 Å². The highest BCUT2D eigenvalue weighted by atomic mass is 19.1. The molecular formula is C12H19FN2O. The molecule has 0 amide bonds. The third-order valence-corrected chi connectivity index (χ3v) is 2.30. The van der Waals surface area contributed by atoms with Crippen molar-refractivity contribution in [3.05, 3.63) is 29.6 Å². The number of aliphatic hydroxyl groups excluding tert-OH is 1. The summed E-state index contributed by atoms with van der Waals surface area (Å²) < 4.78 is 13.0. The van der Waals surface area contributed by atoms with Crippen LogP contribution >= 0.6 is 0 Å². The summed E-state index contributed by atoms with van der Waals surface area (Å²) in [6.07, 6.45) is -0.460. The number of nitrogens with zero attached hydrogens (tertiary/aromatic N) is 1. The topological polar surface area (TPSA) is 35.5 Å². The monoisotopic (exact) mass is 226 g/mol. The van der Waals surface area contributed by atoms with Gasteiger partial charge in [0.25, 0.3) is 0 Å². The molecule has 4 heteroatoms. The van der Waals surface area contributed by atoms with E-state index in [1.54, 1.807) is 6.07 Å². The molecule has 2 N–H and O–H groups in total. The van der Waals surface area contributed by atoms with Gasteiger partial charge in [-0.15, -0.1) is 0 Å². The van der Waals surface area contributed by atoms with E-state index >= 15 is 0 Å². The van der Waals surface area contributed by atoms with Crippen LogP contribution in [0.3, 0.4) is 0 Å². The van der Waals surface area contributed by atoms with Gasteiger partial charge < -0.3 is 15.3 Å². The molecule has 0 saturated heterocycles. The van der Waals surface area contributed by atoms with Gasteiger partial charge in [-0.05, 0) is 38.7 Å². The molecule has 3 nitrogen and oxygen atoms in total. The fourth-order valence-electron chi connectivity index (χ4n) is 1.50. The molecule has 1 aromatic carbocycles. The second kappa shape index (κ2) is 5.82. The summed E-state index contributed by atoms with van der Waals surface area (Å²) in [5.41, 5.74) is 1.70. The van der Waals surface area contributed by atoms with Gasteiger partial charge >= 0.3 is 0 Å². The zero-order chi connectivity index (χ0) is 12.1. The third kappa shape index (κ3) is 4.16. The van der Waals surface area contributed by atoms with Crippen molar-refractivity contribution in [2.45, 2.75) is 13.0 Å². The summed E-state index contributed by atoms with van der Waals surface area (Å²) in [4.78, 5) is 1.91. The number of anilines is 1. The molecule has 0 aliphatic rings. The number of hydrogen-bond donors (Lipinski definition) is 2. The molecule has 1 aromatic rings. The first-order chi connectivity index (χ1) is 7.49. The van der Waals surface area contributed by atoms with Crippen molar-refractivity contribution in [1.82, 2.24) is 4.90 Å². The summed E-state index contributed by atoms with van der Waals surface area (Å²) in [5, 5.41) is 12.7. The van der Waals surface area contributed by atoms with E-state index in [1.165, 1.54) is 12.1 Å². The maximum atomic E-state index is 13.0. The molecule has 0 heterocycles. The quantitative estimate of drug-likeness (QED) is 0.798. The zero-order valence-electron chi connectivity index (χ0n) is 10.00. The van der Waals surface area contributed by atoms with E-state index in [1.807, 2.05) is 25.9 Å². The minimum absolute atomic E-state index is 0.268. The number of aryl methyl sites for hydroxylation is 1. The maximum absolute atomic E-state index is 13.0. The molecule has 1 rings (SSSR count). The molecular weight excluding hydrogens is 207 g/mol.